The highest BCUT2D eigenvalue weighted by atomic mass is 35.5. The minimum atomic E-state index is -1.21. The van der Waals surface area contributed by atoms with E-state index in [9.17, 15) is 24.8 Å². The summed E-state index contributed by atoms with van der Waals surface area (Å²) in [5.74, 6) is -3.61. The van der Waals surface area contributed by atoms with E-state index < -0.39 is 59.7 Å². The van der Waals surface area contributed by atoms with Gasteiger partial charge in [0.1, 0.15) is 12.2 Å². The number of esters is 1. The van der Waals surface area contributed by atoms with E-state index in [1.54, 1.807) is 25.3 Å². The lowest BCUT2D eigenvalue weighted by Gasteiger charge is -2.24. The quantitative estimate of drug-likeness (QED) is 0.301. The Morgan fingerprint density at radius 2 is 1.95 bits per heavy atom. The zero-order valence-corrected chi connectivity index (χ0v) is 20.3. The van der Waals surface area contributed by atoms with E-state index >= 15 is 0 Å². The van der Waals surface area contributed by atoms with Gasteiger partial charge in [-0.2, -0.15) is 0 Å². The minimum absolute atomic E-state index is 0.0359. The molecule has 1 N–H and O–H groups in total. The summed E-state index contributed by atoms with van der Waals surface area (Å²) in [5.41, 5.74) is 2.67. The second-order valence-corrected chi connectivity index (χ2v) is 9.54. The van der Waals surface area contributed by atoms with Crippen LogP contribution in [0, 0.1) is 28.9 Å². The number of ether oxygens (including phenoxy) is 4. The minimum Gasteiger partial charge on any atom is -0.481 e. The van der Waals surface area contributed by atoms with Crippen LogP contribution in [0.5, 0.6) is 5.75 Å². The van der Waals surface area contributed by atoms with Crippen LogP contribution in [0.25, 0.3) is 0 Å². The molecule has 1 unspecified atom stereocenters. The molecular formula is C24H23ClN2O10. The number of carboxylic acid groups (broad SMARTS) is 1. The fraction of sp³-hybridized carbons (Fsp3) is 0.458. The van der Waals surface area contributed by atoms with Crippen molar-refractivity contribution in [2.75, 3.05) is 13.2 Å². The van der Waals surface area contributed by atoms with Crippen LogP contribution >= 0.6 is 11.6 Å². The monoisotopic (exact) mass is 534 g/mol. The van der Waals surface area contributed by atoms with Crippen molar-refractivity contribution in [1.82, 2.24) is 4.98 Å². The molecule has 13 heteroatoms. The molecule has 1 aromatic carbocycles. The number of carboxylic acids is 1. The van der Waals surface area contributed by atoms with Crippen LogP contribution in [0.15, 0.2) is 30.5 Å². The number of halogens is 1. The number of pyridine rings is 1. The van der Waals surface area contributed by atoms with E-state index in [2.05, 4.69) is 9.82 Å². The fourth-order valence-corrected chi connectivity index (χ4v) is 5.27. The molecule has 5 rings (SSSR count). The van der Waals surface area contributed by atoms with Crippen LogP contribution in [0.2, 0.25) is 5.02 Å². The molecule has 2 aromatic rings. The summed E-state index contributed by atoms with van der Waals surface area (Å²) < 4.78 is 23.0. The maximum absolute atomic E-state index is 13.4. The summed E-state index contributed by atoms with van der Waals surface area (Å²) in [6, 6.07) is 7.18. The lowest BCUT2D eigenvalue weighted by molar-refractivity contribution is -0.769. The highest BCUT2D eigenvalue weighted by Crippen LogP contribution is 2.42. The van der Waals surface area contributed by atoms with Crippen molar-refractivity contribution in [3.8, 4) is 5.75 Å². The Kier molecular flexibility index (Phi) is 6.99. The number of nitrogens with zero attached hydrogens (tertiary/aromatic N) is 2. The van der Waals surface area contributed by atoms with Gasteiger partial charge in [0.05, 0.1) is 44.0 Å². The van der Waals surface area contributed by atoms with Crippen LogP contribution in [-0.2, 0) is 35.2 Å². The molecule has 0 amide bonds. The molecule has 3 aliphatic heterocycles. The van der Waals surface area contributed by atoms with Gasteiger partial charge in [0.15, 0.2) is 11.9 Å². The summed E-state index contributed by atoms with van der Waals surface area (Å²) in [6.45, 7) is 1.70. The molecule has 37 heavy (non-hydrogen) atoms. The van der Waals surface area contributed by atoms with E-state index in [4.69, 9.17) is 30.5 Å². The molecule has 1 aromatic heterocycles. The number of hydrogen-bond donors (Lipinski definition) is 1. The van der Waals surface area contributed by atoms with Gasteiger partial charge in [-0.1, -0.05) is 23.7 Å². The fourth-order valence-electron chi connectivity index (χ4n) is 5.15. The van der Waals surface area contributed by atoms with E-state index in [0.29, 0.717) is 16.3 Å². The number of aliphatic carboxylic acids is 1. The predicted molar refractivity (Wildman–Crippen MR) is 123 cm³/mol. The van der Waals surface area contributed by atoms with Gasteiger partial charge in [0.2, 0.25) is 0 Å². The molecule has 12 nitrogen and oxygen atoms in total. The van der Waals surface area contributed by atoms with Gasteiger partial charge < -0.3 is 28.9 Å². The summed E-state index contributed by atoms with van der Waals surface area (Å²) >= 11 is 6.00. The average Bonchev–Trinajstić information content (AvgIpc) is 3.56. The first-order chi connectivity index (χ1) is 17.7. The molecule has 2 saturated heterocycles. The van der Waals surface area contributed by atoms with Gasteiger partial charge in [-0.05, 0) is 24.6 Å². The number of hydrogen-bond acceptors (Lipinski definition) is 10. The Balaban J connectivity index is 1.38. The first-order valence-electron chi connectivity index (χ1n) is 11.6. The number of aromatic nitrogens is 1. The smallest absolute Gasteiger partial charge is 0.315 e. The van der Waals surface area contributed by atoms with Crippen LogP contribution in [0.4, 0.5) is 0 Å². The standard InChI is InChI=1S/C24H23ClN2O10/c1-11-20(17-9-33-21(15(17)7-26-11)12-2-4-13(25)5-3-12)36-24(30)14(6-19(28)29)16-8-34-23-18(37-27(31)32)10-35-22(16)23/h2-5,7,14,16,18,21-23H,6,8-10H2,1H3,(H,28,29)/t14?,16-,18+,21-,22+,23+/m0/s1. The number of fused-ring (bicyclic) bond motifs is 2. The Hall–Kier alpha value is -3.32. The zero-order chi connectivity index (χ0) is 26.3. The van der Waals surface area contributed by atoms with Crippen LogP contribution < -0.4 is 4.74 Å². The highest BCUT2D eigenvalue weighted by Gasteiger charge is 2.53. The molecular weight excluding hydrogens is 512 g/mol. The third kappa shape index (κ3) is 4.97. The van der Waals surface area contributed by atoms with Gasteiger partial charge in [-0.15, -0.1) is 10.1 Å². The Morgan fingerprint density at radius 3 is 2.65 bits per heavy atom. The van der Waals surface area contributed by atoms with Crippen molar-refractivity contribution < 1.29 is 43.6 Å². The molecule has 3 aliphatic rings. The molecule has 0 spiro atoms. The van der Waals surface area contributed by atoms with Gasteiger partial charge >= 0.3 is 11.9 Å². The first kappa shape index (κ1) is 25.3. The van der Waals surface area contributed by atoms with Crippen molar-refractivity contribution in [2.24, 2.45) is 11.8 Å². The average molecular weight is 535 g/mol. The molecule has 4 heterocycles. The lowest BCUT2D eigenvalue weighted by atomic mass is 9.85. The van der Waals surface area contributed by atoms with Gasteiger partial charge in [0, 0.05) is 28.3 Å². The van der Waals surface area contributed by atoms with Gasteiger partial charge in [-0.25, -0.2) is 0 Å². The molecule has 0 saturated carbocycles. The molecule has 0 radical (unpaired) electrons. The lowest BCUT2D eigenvalue weighted by Crippen LogP contribution is -2.38. The summed E-state index contributed by atoms with van der Waals surface area (Å²) in [5, 5.41) is 19.9. The largest absolute Gasteiger partial charge is 0.481 e. The van der Waals surface area contributed by atoms with Crippen molar-refractivity contribution in [3.05, 3.63) is 68.0 Å². The third-order valence-electron chi connectivity index (χ3n) is 6.88. The number of aryl methyl sites for hydroxylation is 1. The van der Waals surface area contributed by atoms with Gasteiger partial charge in [0.25, 0.3) is 5.09 Å². The van der Waals surface area contributed by atoms with Crippen molar-refractivity contribution in [2.45, 2.75) is 44.4 Å². The number of carbonyl (C=O) groups excluding carboxylic acids is 1. The second-order valence-electron chi connectivity index (χ2n) is 9.10. The highest BCUT2D eigenvalue weighted by molar-refractivity contribution is 6.30. The maximum atomic E-state index is 13.4. The molecule has 0 aliphatic carbocycles. The van der Waals surface area contributed by atoms with E-state index in [0.717, 1.165) is 11.1 Å². The van der Waals surface area contributed by atoms with E-state index in [-0.39, 0.29) is 25.6 Å². The van der Waals surface area contributed by atoms with Crippen LogP contribution in [-0.4, -0.2) is 58.6 Å². The molecule has 196 valence electrons. The Bertz CT molecular complexity index is 1220. The summed E-state index contributed by atoms with van der Waals surface area (Å²) in [7, 11) is 0. The summed E-state index contributed by atoms with van der Waals surface area (Å²) in [6.07, 6.45) is -1.80. The molecule has 2 fully saturated rings. The normalized spacial score (nSPS) is 26.8. The zero-order valence-electron chi connectivity index (χ0n) is 19.6. The van der Waals surface area contributed by atoms with Crippen molar-refractivity contribution in [3.63, 3.8) is 0 Å². The number of carbonyl (C=O) groups is 2. The second kappa shape index (κ2) is 10.2. The van der Waals surface area contributed by atoms with Crippen molar-refractivity contribution in [1.29, 1.82) is 0 Å². The van der Waals surface area contributed by atoms with Crippen molar-refractivity contribution >= 4 is 23.5 Å². The maximum Gasteiger partial charge on any atom is 0.315 e. The topological polar surface area (TPSA) is 157 Å². The number of rotatable bonds is 8. The number of benzene rings is 1. The first-order valence-corrected chi connectivity index (χ1v) is 11.9. The molecule has 6 atom stereocenters. The Labute approximate surface area is 215 Å². The Morgan fingerprint density at radius 1 is 1.22 bits per heavy atom. The third-order valence-corrected chi connectivity index (χ3v) is 7.13. The predicted octanol–water partition coefficient (Wildman–Crippen LogP) is 2.65. The van der Waals surface area contributed by atoms with E-state index in [1.165, 1.54) is 0 Å². The summed E-state index contributed by atoms with van der Waals surface area (Å²) in [4.78, 5) is 44.8. The van der Waals surface area contributed by atoms with Crippen LogP contribution in [0.3, 0.4) is 0 Å². The van der Waals surface area contributed by atoms with Crippen LogP contribution in [0.1, 0.15) is 34.9 Å². The molecule has 0 bridgehead atoms. The van der Waals surface area contributed by atoms with Gasteiger partial charge in [-0.3, -0.25) is 14.6 Å². The van der Waals surface area contributed by atoms with E-state index in [1.807, 2.05) is 12.1 Å². The SMILES string of the molecule is Cc1ncc2c(c1OC(=O)C(CC(=O)O)[C@@H]1CO[C@H]3[C@@H]1OC[C@H]3O[N+](=O)[O-])CO[C@H]2c1ccc(Cl)cc1.